The van der Waals surface area contributed by atoms with Gasteiger partial charge in [0.2, 0.25) is 0 Å². The summed E-state index contributed by atoms with van der Waals surface area (Å²) in [5, 5.41) is 2.97. The van der Waals surface area contributed by atoms with Gasteiger partial charge in [-0.2, -0.15) is 0 Å². The molecule has 9 heteroatoms. The number of rotatable bonds is 9. The van der Waals surface area contributed by atoms with E-state index in [1.807, 2.05) is 25.1 Å². The molecule has 1 aromatic rings. The SMILES string of the molecule is CCOC(=O)C1=C(CN2CCC[C@@H](C(=O)OCC)C2)N(CC)C(=O)N[C@@H]1c1cccc(OC)c1. The first-order valence-electron chi connectivity index (χ1n) is 11.9. The summed E-state index contributed by atoms with van der Waals surface area (Å²) >= 11 is 0. The van der Waals surface area contributed by atoms with Gasteiger partial charge in [0.15, 0.2) is 0 Å². The maximum atomic E-state index is 13.2. The molecule has 0 saturated carbocycles. The number of likely N-dealkylation sites (tertiary alicyclic amines) is 1. The molecule has 0 aromatic heterocycles. The van der Waals surface area contributed by atoms with Gasteiger partial charge in [0.1, 0.15) is 5.75 Å². The molecule has 2 amide bonds. The predicted molar refractivity (Wildman–Crippen MR) is 126 cm³/mol. The van der Waals surface area contributed by atoms with Crippen LogP contribution in [0.25, 0.3) is 0 Å². The second-order valence-corrected chi connectivity index (χ2v) is 8.31. The Morgan fingerprint density at radius 2 is 1.91 bits per heavy atom. The summed E-state index contributed by atoms with van der Waals surface area (Å²) in [5.41, 5.74) is 1.73. The van der Waals surface area contributed by atoms with Gasteiger partial charge >= 0.3 is 18.0 Å². The Morgan fingerprint density at radius 3 is 2.59 bits per heavy atom. The van der Waals surface area contributed by atoms with E-state index < -0.39 is 12.0 Å². The number of benzene rings is 1. The second kappa shape index (κ2) is 11.9. The van der Waals surface area contributed by atoms with Crippen LogP contribution in [-0.4, -0.2) is 74.3 Å². The lowest BCUT2D eigenvalue weighted by molar-refractivity contribution is -0.150. The zero-order chi connectivity index (χ0) is 24.7. The fourth-order valence-electron chi connectivity index (χ4n) is 4.59. The Kier molecular flexibility index (Phi) is 8.92. The number of nitrogens with one attached hydrogen (secondary N) is 1. The molecule has 186 valence electrons. The fourth-order valence-corrected chi connectivity index (χ4v) is 4.59. The topological polar surface area (TPSA) is 97.4 Å². The fraction of sp³-hybridized carbons (Fsp3) is 0.560. The van der Waals surface area contributed by atoms with Gasteiger partial charge in [-0.3, -0.25) is 14.6 Å². The molecule has 2 atom stereocenters. The Labute approximate surface area is 201 Å². The van der Waals surface area contributed by atoms with Crippen molar-refractivity contribution in [3.63, 3.8) is 0 Å². The molecule has 1 fully saturated rings. The van der Waals surface area contributed by atoms with Crippen molar-refractivity contribution in [2.45, 2.75) is 39.7 Å². The van der Waals surface area contributed by atoms with Crippen LogP contribution in [0.5, 0.6) is 5.75 Å². The van der Waals surface area contributed by atoms with Crippen LogP contribution in [0.15, 0.2) is 35.5 Å². The minimum absolute atomic E-state index is 0.199. The van der Waals surface area contributed by atoms with E-state index in [-0.39, 0.29) is 24.5 Å². The molecular formula is C25H35N3O6. The van der Waals surface area contributed by atoms with Crippen molar-refractivity contribution in [2.24, 2.45) is 5.92 Å². The number of urea groups is 1. The zero-order valence-corrected chi connectivity index (χ0v) is 20.5. The zero-order valence-electron chi connectivity index (χ0n) is 20.5. The lowest BCUT2D eigenvalue weighted by Crippen LogP contribution is -2.51. The summed E-state index contributed by atoms with van der Waals surface area (Å²) in [6, 6.07) is 6.33. The van der Waals surface area contributed by atoms with Crippen LogP contribution in [0, 0.1) is 5.92 Å². The molecule has 2 aliphatic rings. The minimum atomic E-state index is -0.676. The number of hydrogen-bond acceptors (Lipinski definition) is 7. The van der Waals surface area contributed by atoms with Gasteiger partial charge < -0.3 is 19.5 Å². The number of esters is 2. The Morgan fingerprint density at radius 1 is 1.15 bits per heavy atom. The van der Waals surface area contributed by atoms with Gasteiger partial charge in [0.05, 0.1) is 37.9 Å². The number of ether oxygens (including phenoxy) is 3. The van der Waals surface area contributed by atoms with Gasteiger partial charge in [-0.05, 0) is 57.9 Å². The molecular weight excluding hydrogens is 438 g/mol. The van der Waals surface area contributed by atoms with Crippen LogP contribution >= 0.6 is 0 Å². The van der Waals surface area contributed by atoms with E-state index in [0.29, 0.717) is 43.3 Å². The molecule has 2 heterocycles. The largest absolute Gasteiger partial charge is 0.497 e. The van der Waals surface area contributed by atoms with Crippen LogP contribution in [0.1, 0.15) is 45.2 Å². The third kappa shape index (κ3) is 5.70. The Hall–Kier alpha value is -3.07. The van der Waals surface area contributed by atoms with E-state index in [4.69, 9.17) is 14.2 Å². The highest BCUT2D eigenvalue weighted by Gasteiger charge is 2.39. The third-order valence-corrected chi connectivity index (χ3v) is 6.18. The lowest BCUT2D eigenvalue weighted by atomic mass is 9.93. The molecule has 0 spiro atoms. The number of methoxy groups -OCH3 is 1. The van der Waals surface area contributed by atoms with Crippen LogP contribution in [0.3, 0.4) is 0 Å². The maximum absolute atomic E-state index is 13.2. The summed E-state index contributed by atoms with van der Waals surface area (Å²) in [7, 11) is 1.57. The average Bonchev–Trinajstić information content (AvgIpc) is 2.84. The van der Waals surface area contributed by atoms with Crippen molar-refractivity contribution < 1.29 is 28.6 Å². The number of carbonyl (C=O) groups is 3. The number of nitrogens with zero attached hydrogens (tertiary/aromatic N) is 2. The van der Waals surface area contributed by atoms with Crippen LogP contribution in [0.2, 0.25) is 0 Å². The van der Waals surface area contributed by atoms with Crippen molar-refractivity contribution in [1.29, 1.82) is 0 Å². The number of piperidine rings is 1. The monoisotopic (exact) mass is 473 g/mol. The van der Waals surface area contributed by atoms with E-state index >= 15 is 0 Å². The standard InChI is InChI=1S/C25H35N3O6/c1-5-28-20(16-27-13-9-11-18(15-27)23(29)33-6-2)21(24(30)34-7-3)22(26-25(28)31)17-10-8-12-19(14-17)32-4/h8,10,12,14,18,22H,5-7,9,11,13,15-16H2,1-4H3,(H,26,31)/t18-,22-/m1/s1. The van der Waals surface area contributed by atoms with Gasteiger partial charge in [0, 0.05) is 25.3 Å². The number of amides is 2. The van der Waals surface area contributed by atoms with Crippen LogP contribution in [-0.2, 0) is 19.1 Å². The van der Waals surface area contributed by atoms with Crippen LogP contribution < -0.4 is 10.1 Å². The molecule has 0 radical (unpaired) electrons. The Bertz CT molecular complexity index is 931. The van der Waals surface area contributed by atoms with Gasteiger partial charge in [-0.1, -0.05) is 12.1 Å². The molecule has 9 nitrogen and oxygen atoms in total. The molecule has 0 unspecified atom stereocenters. The first-order chi connectivity index (χ1) is 16.4. The summed E-state index contributed by atoms with van der Waals surface area (Å²) in [5.74, 6) is -0.262. The highest BCUT2D eigenvalue weighted by molar-refractivity contribution is 5.95. The lowest BCUT2D eigenvalue weighted by Gasteiger charge is -2.39. The van der Waals surface area contributed by atoms with E-state index in [1.54, 1.807) is 31.9 Å². The van der Waals surface area contributed by atoms with E-state index in [0.717, 1.165) is 24.9 Å². The summed E-state index contributed by atoms with van der Waals surface area (Å²) in [4.78, 5) is 42.4. The smallest absolute Gasteiger partial charge is 0.338 e. The quantitative estimate of drug-likeness (QED) is 0.551. The third-order valence-electron chi connectivity index (χ3n) is 6.18. The summed E-state index contributed by atoms with van der Waals surface area (Å²) in [6.45, 7) is 8.01. The molecule has 1 aromatic carbocycles. The first-order valence-corrected chi connectivity index (χ1v) is 11.9. The van der Waals surface area contributed by atoms with Crippen molar-refractivity contribution in [2.75, 3.05) is 46.5 Å². The highest BCUT2D eigenvalue weighted by atomic mass is 16.5. The maximum Gasteiger partial charge on any atom is 0.338 e. The number of hydrogen-bond donors (Lipinski definition) is 1. The number of carbonyl (C=O) groups excluding carboxylic acids is 3. The highest BCUT2D eigenvalue weighted by Crippen LogP contribution is 2.34. The normalized spacial score (nSPS) is 21.2. The molecule has 0 aliphatic carbocycles. The van der Waals surface area contributed by atoms with Crippen LogP contribution in [0.4, 0.5) is 4.79 Å². The Balaban J connectivity index is 2.01. The summed E-state index contributed by atoms with van der Waals surface area (Å²) < 4.78 is 16.0. The molecule has 2 aliphatic heterocycles. The van der Waals surface area contributed by atoms with E-state index in [9.17, 15) is 14.4 Å². The molecule has 1 saturated heterocycles. The average molecular weight is 474 g/mol. The number of likely N-dealkylation sites (N-methyl/N-ethyl adjacent to an activating group) is 1. The van der Waals surface area contributed by atoms with E-state index in [2.05, 4.69) is 10.2 Å². The predicted octanol–water partition coefficient (Wildman–Crippen LogP) is 2.87. The van der Waals surface area contributed by atoms with Crippen molar-refractivity contribution in [1.82, 2.24) is 15.1 Å². The molecule has 0 bridgehead atoms. The van der Waals surface area contributed by atoms with Gasteiger partial charge in [-0.25, -0.2) is 9.59 Å². The van der Waals surface area contributed by atoms with Crippen molar-refractivity contribution in [3.8, 4) is 5.75 Å². The van der Waals surface area contributed by atoms with Gasteiger partial charge in [-0.15, -0.1) is 0 Å². The molecule has 1 N–H and O–H groups in total. The van der Waals surface area contributed by atoms with Gasteiger partial charge in [0.25, 0.3) is 0 Å². The molecule has 3 rings (SSSR count). The van der Waals surface area contributed by atoms with Crippen molar-refractivity contribution in [3.05, 3.63) is 41.1 Å². The minimum Gasteiger partial charge on any atom is -0.497 e. The van der Waals surface area contributed by atoms with Crippen molar-refractivity contribution >= 4 is 18.0 Å². The second-order valence-electron chi connectivity index (χ2n) is 8.31. The van der Waals surface area contributed by atoms with E-state index in [1.165, 1.54) is 0 Å². The summed E-state index contributed by atoms with van der Waals surface area (Å²) in [6.07, 6.45) is 1.60. The molecule has 34 heavy (non-hydrogen) atoms. The first kappa shape index (κ1) is 25.6.